The first-order chi connectivity index (χ1) is 18.6. The number of imidazole rings is 2. The van der Waals surface area contributed by atoms with Crippen LogP contribution in [-0.2, 0) is 19.5 Å². The van der Waals surface area contributed by atoms with Crippen molar-refractivity contribution in [2.24, 2.45) is 0 Å². The highest BCUT2D eigenvalue weighted by Crippen LogP contribution is 2.27. The first-order valence-corrected chi connectivity index (χ1v) is 13.2. The van der Waals surface area contributed by atoms with Gasteiger partial charge in [0.05, 0.1) is 12.2 Å². The Morgan fingerprint density at radius 1 is 0.789 bits per heavy atom. The summed E-state index contributed by atoms with van der Waals surface area (Å²) in [6, 6.07) is 18.0. The molecule has 0 radical (unpaired) electrons. The predicted molar refractivity (Wildman–Crippen MR) is 148 cm³/mol. The van der Waals surface area contributed by atoms with E-state index in [0.717, 1.165) is 48.9 Å². The lowest BCUT2D eigenvalue weighted by Crippen LogP contribution is -2.31. The van der Waals surface area contributed by atoms with Crippen molar-refractivity contribution >= 4 is 16.9 Å². The third kappa shape index (κ3) is 5.20. The summed E-state index contributed by atoms with van der Waals surface area (Å²) in [4.78, 5) is 33.1. The molecular formula is C29H33N5O4. The number of aliphatic hydroxyl groups is 2. The van der Waals surface area contributed by atoms with Gasteiger partial charge in [0.25, 0.3) is 5.56 Å². The number of fused-ring (bicyclic) bond motifs is 3. The molecule has 2 aromatic carbocycles. The van der Waals surface area contributed by atoms with Crippen molar-refractivity contribution in [3.8, 4) is 11.3 Å². The molecule has 3 aromatic heterocycles. The Morgan fingerprint density at radius 3 is 2.26 bits per heavy atom. The van der Waals surface area contributed by atoms with Crippen LogP contribution in [0.5, 0.6) is 0 Å². The Bertz CT molecular complexity index is 1630. The highest BCUT2D eigenvalue weighted by molar-refractivity contribution is 5.78. The number of hydrogen-bond donors (Lipinski definition) is 3. The standard InChI is InChI=1S/C29H33N5O4/c35-17-7-2-5-9-21-12-14-23(15-13-21)24-20-33-25-26(30-28(33)32(24)16-6-8-18-36)34(29(38)31-27(25)37)19-22-10-3-1-4-11-22/h1,3-4,10-15,20,35-36H,2,5-9,16-19H2,(H,31,37,38). The van der Waals surface area contributed by atoms with E-state index in [1.54, 1.807) is 4.40 Å². The predicted octanol–water partition coefficient (Wildman–Crippen LogP) is 3.33. The highest BCUT2D eigenvalue weighted by Gasteiger charge is 2.20. The summed E-state index contributed by atoms with van der Waals surface area (Å²) in [5.41, 5.74) is 3.80. The summed E-state index contributed by atoms with van der Waals surface area (Å²) in [5.74, 6) is 0.582. The average Bonchev–Trinajstić information content (AvgIpc) is 3.47. The number of H-pyrrole nitrogens is 1. The molecule has 0 saturated carbocycles. The normalized spacial score (nSPS) is 11.6. The molecule has 5 aromatic rings. The quantitative estimate of drug-likeness (QED) is 0.220. The second-order valence-corrected chi connectivity index (χ2v) is 9.61. The Kier molecular flexibility index (Phi) is 7.86. The lowest BCUT2D eigenvalue weighted by Gasteiger charge is -2.10. The second kappa shape index (κ2) is 11.6. The molecule has 38 heavy (non-hydrogen) atoms. The molecule has 5 rings (SSSR count). The molecule has 0 unspecified atom stereocenters. The maximum Gasteiger partial charge on any atom is 0.330 e. The topological polar surface area (TPSA) is 118 Å². The van der Waals surface area contributed by atoms with Gasteiger partial charge in [-0.05, 0) is 48.8 Å². The Morgan fingerprint density at radius 2 is 1.53 bits per heavy atom. The molecular weight excluding hydrogens is 482 g/mol. The first kappa shape index (κ1) is 25.7. The molecule has 0 saturated heterocycles. The van der Waals surface area contributed by atoms with Gasteiger partial charge in [-0.25, -0.2) is 4.79 Å². The maximum atomic E-state index is 13.0. The molecule has 198 valence electrons. The van der Waals surface area contributed by atoms with Gasteiger partial charge in [-0.1, -0.05) is 61.0 Å². The van der Waals surface area contributed by atoms with Crippen LogP contribution in [0.25, 0.3) is 28.2 Å². The zero-order valence-electron chi connectivity index (χ0n) is 21.3. The van der Waals surface area contributed by atoms with E-state index in [-0.39, 0.29) is 13.2 Å². The minimum Gasteiger partial charge on any atom is -0.396 e. The number of benzene rings is 2. The van der Waals surface area contributed by atoms with Crippen LogP contribution in [0.1, 0.15) is 43.2 Å². The number of aromatic nitrogens is 5. The van der Waals surface area contributed by atoms with Crippen molar-refractivity contribution in [3.63, 3.8) is 0 Å². The van der Waals surface area contributed by atoms with Gasteiger partial charge in [0.2, 0.25) is 5.78 Å². The van der Waals surface area contributed by atoms with E-state index in [9.17, 15) is 14.7 Å². The molecule has 0 aliphatic heterocycles. The molecule has 0 amide bonds. The number of unbranched alkanes of at least 4 members (excludes halogenated alkanes) is 3. The Balaban J connectivity index is 1.58. The minimum atomic E-state index is -0.492. The average molecular weight is 516 g/mol. The van der Waals surface area contributed by atoms with Crippen LogP contribution in [0, 0.1) is 0 Å². The molecule has 0 bridgehead atoms. The number of aryl methyl sites for hydroxylation is 2. The van der Waals surface area contributed by atoms with E-state index >= 15 is 0 Å². The van der Waals surface area contributed by atoms with Crippen molar-refractivity contribution in [1.29, 1.82) is 0 Å². The van der Waals surface area contributed by atoms with E-state index in [1.165, 1.54) is 10.1 Å². The first-order valence-electron chi connectivity index (χ1n) is 13.2. The Hall–Kier alpha value is -3.95. The summed E-state index contributed by atoms with van der Waals surface area (Å²) in [5, 5.41) is 18.3. The van der Waals surface area contributed by atoms with Crippen molar-refractivity contribution in [2.45, 2.75) is 51.6 Å². The summed E-state index contributed by atoms with van der Waals surface area (Å²) in [6.45, 7) is 1.24. The third-order valence-electron chi connectivity index (χ3n) is 6.94. The van der Waals surface area contributed by atoms with Gasteiger partial charge < -0.3 is 14.8 Å². The van der Waals surface area contributed by atoms with Gasteiger partial charge in [0, 0.05) is 26.0 Å². The number of nitrogens with zero attached hydrogens (tertiary/aromatic N) is 4. The van der Waals surface area contributed by atoms with Crippen LogP contribution < -0.4 is 11.2 Å². The molecule has 9 heteroatoms. The molecule has 0 spiro atoms. The van der Waals surface area contributed by atoms with Gasteiger partial charge in [-0.2, -0.15) is 4.98 Å². The largest absolute Gasteiger partial charge is 0.396 e. The van der Waals surface area contributed by atoms with Gasteiger partial charge in [0.1, 0.15) is 0 Å². The SMILES string of the molecule is O=c1[nH]c(=O)n(Cc2ccccc2)c2nc3n(CCCCO)c(-c4ccc(CCCCCO)cc4)cn3c12. The lowest BCUT2D eigenvalue weighted by molar-refractivity contribution is 0.281. The third-order valence-corrected chi connectivity index (χ3v) is 6.94. The molecule has 0 aliphatic rings. The molecule has 3 heterocycles. The smallest absolute Gasteiger partial charge is 0.330 e. The van der Waals surface area contributed by atoms with Crippen LogP contribution in [0.15, 0.2) is 70.4 Å². The summed E-state index contributed by atoms with van der Waals surface area (Å²) >= 11 is 0. The molecule has 3 N–H and O–H groups in total. The van der Waals surface area contributed by atoms with E-state index in [2.05, 4.69) is 33.8 Å². The molecule has 0 fully saturated rings. The lowest BCUT2D eigenvalue weighted by atomic mass is 10.0. The van der Waals surface area contributed by atoms with Crippen molar-refractivity contribution in [3.05, 3.63) is 92.8 Å². The number of rotatable bonds is 12. The van der Waals surface area contributed by atoms with Crippen molar-refractivity contribution < 1.29 is 10.2 Å². The van der Waals surface area contributed by atoms with Gasteiger partial charge in [-0.15, -0.1) is 0 Å². The molecule has 9 nitrogen and oxygen atoms in total. The number of aromatic amines is 1. The van der Waals surface area contributed by atoms with E-state index in [0.29, 0.717) is 36.5 Å². The van der Waals surface area contributed by atoms with Crippen LogP contribution in [0.4, 0.5) is 0 Å². The molecule has 0 aliphatic carbocycles. The highest BCUT2D eigenvalue weighted by atomic mass is 16.3. The van der Waals surface area contributed by atoms with Gasteiger partial charge in [0.15, 0.2) is 11.2 Å². The van der Waals surface area contributed by atoms with Crippen LogP contribution >= 0.6 is 0 Å². The fourth-order valence-corrected chi connectivity index (χ4v) is 4.95. The Labute approximate surface area is 219 Å². The number of hydrogen-bond acceptors (Lipinski definition) is 5. The van der Waals surface area contributed by atoms with Crippen LogP contribution in [0.2, 0.25) is 0 Å². The van der Waals surface area contributed by atoms with E-state index in [1.807, 2.05) is 36.5 Å². The minimum absolute atomic E-state index is 0.102. The van der Waals surface area contributed by atoms with Crippen LogP contribution in [-0.4, -0.2) is 46.9 Å². The van der Waals surface area contributed by atoms with E-state index in [4.69, 9.17) is 10.1 Å². The van der Waals surface area contributed by atoms with Crippen LogP contribution in [0.3, 0.4) is 0 Å². The maximum absolute atomic E-state index is 13.0. The van der Waals surface area contributed by atoms with Crippen molar-refractivity contribution in [1.82, 2.24) is 23.5 Å². The second-order valence-electron chi connectivity index (χ2n) is 9.61. The number of nitrogens with one attached hydrogen (secondary N) is 1. The summed E-state index contributed by atoms with van der Waals surface area (Å²) in [6.07, 6.45) is 7.12. The fraction of sp³-hybridized carbons (Fsp3) is 0.345. The van der Waals surface area contributed by atoms with Gasteiger partial charge in [-0.3, -0.25) is 18.7 Å². The zero-order chi connectivity index (χ0) is 26.5. The monoisotopic (exact) mass is 515 g/mol. The summed E-state index contributed by atoms with van der Waals surface area (Å²) in [7, 11) is 0. The van der Waals surface area contributed by atoms with Gasteiger partial charge >= 0.3 is 5.69 Å². The number of aliphatic hydroxyl groups excluding tert-OH is 2. The molecule has 0 atom stereocenters. The van der Waals surface area contributed by atoms with E-state index < -0.39 is 11.2 Å². The van der Waals surface area contributed by atoms with Crippen molar-refractivity contribution in [2.75, 3.05) is 13.2 Å². The zero-order valence-corrected chi connectivity index (χ0v) is 21.3. The fourth-order valence-electron chi connectivity index (χ4n) is 4.95. The summed E-state index contributed by atoms with van der Waals surface area (Å²) < 4.78 is 5.33.